The smallest absolute Gasteiger partial charge is 0.336 e. The second-order valence-electron chi connectivity index (χ2n) is 8.71. The van der Waals surface area contributed by atoms with Gasteiger partial charge in [0.1, 0.15) is 5.82 Å². The summed E-state index contributed by atoms with van der Waals surface area (Å²) >= 11 is 5.94. The van der Waals surface area contributed by atoms with Crippen molar-refractivity contribution >= 4 is 23.5 Å². The summed E-state index contributed by atoms with van der Waals surface area (Å²) in [6, 6.07) is 7.20. The maximum absolute atomic E-state index is 15.5. The number of fused-ring (bicyclic) bond motifs is 1. The lowest BCUT2D eigenvalue weighted by molar-refractivity contribution is -0.0733. The summed E-state index contributed by atoms with van der Waals surface area (Å²) in [7, 11) is 1.36. The highest BCUT2D eigenvalue weighted by molar-refractivity contribution is 6.31. The molecule has 2 aliphatic heterocycles. The molecule has 0 radical (unpaired) electrons. The molecule has 182 valence electrons. The first kappa shape index (κ1) is 24.6. The number of carboxylic acids is 1. The molecule has 2 atom stereocenters. The molecule has 1 saturated heterocycles. The van der Waals surface area contributed by atoms with Crippen molar-refractivity contribution in [2.24, 2.45) is 5.92 Å². The Morgan fingerprint density at radius 1 is 1.29 bits per heavy atom. The number of benzene rings is 2. The van der Waals surface area contributed by atoms with Gasteiger partial charge in [0.2, 0.25) is 0 Å². The average Bonchev–Trinajstić information content (AvgIpc) is 3.11. The molecule has 0 aliphatic carbocycles. The third-order valence-electron chi connectivity index (χ3n) is 6.95. The van der Waals surface area contributed by atoms with Crippen molar-refractivity contribution < 1.29 is 33.7 Å². The van der Waals surface area contributed by atoms with E-state index in [2.05, 4.69) is 0 Å². The molecule has 7 nitrogen and oxygen atoms in total. The van der Waals surface area contributed by atoms with Crippen molar-refractivity contribution in [1.82, 2.24) is 4.90 Å². The first-order chi connectivity index (χ1) is 16.2. The molecule has 2 aromatic rings. The fourth-order valence-electron chi connectivity index (χ4n) is 5.09. The van der Waals surface area contributed by atoms with E-state index >= 15 is 4.39 Å². The Kier molecular flexibility index (Phi) is 6.96. The number of nitrogens with zero attached hydrogens (tertiary/aromatic N) is 1. The number of methoxy groups -OCH3 is 1. The SMILES string of the molecule is CC[C@@](O)(c1cc(F)c2c(c1)C(=O)N(Cc1ccc(Cl)cc1C(=O)O)[C@@H]2OC)C1CCOCC1. The van der Waals surface area contributed by atoms with Crippen LogP contribution in [0, 0.1) is 11.7 Å². The zero-order valence-corrected chi connectivity index (χ0v) is 19.8. The van der Waals surface area contributed by atoms with Crippen LogP contribution >= 0.6 is 11.6 Å². The number of hydrogen-bond acceptors (Lipinski definition) is 5. The molecule has 2 aliphatic rings. The van der Waals surface area contributed by atoms with E-state index in [-0.39, 0.29) is 34.2 Å². The van der Waals surface area contributed by atoms with Crippen LogP contribution in [0.1, 0.15) is 69.8 Å². The van der Waals surface area contributed by atoms with Gasteiger partial charge in [-0.3, -0.25) is 4.79 Å². The Labute approximate surface area is 202 Å². The van der Waals surface area contributed by atoms with E-state index in [1.165, 1.54) is 36.3 Å². The maximum atomic E-state index is 15.5. The Balaban J connectivity index is 1.73. The molecule has 2 aromatic carbocycles. The van der Waals surface area contributed by atoms with Gasteiger partial charge < -0.3 is 24.6 Å². The Hall–Kier alpha value is -2.52. The van der Waals surface area contributed by atoms with E-state index in [1.54, 1.807) is 6.07 Å². The molecule has 34 heavy (non-hydrogen) atoms. The standard InChI is InChI=1S/C25H27ClFNO6/c1-3-25(32,15-6-8-34-9-7-15)16-10-19-21(20(27)11-16)23(33-2)28(22(19)29)13-14-4-5-17(26)12-18(14)24(30)31/h4-5,10-12,15,23,32H,3,6-9,13H2,1-2H3,(H,30,31)/t23-,25+/m1/s1. The van der Waals surface area contributed by atoms with Crippen molar-refractivity contribution in [2.75, 3.05) is 20.3 Å². The molecule has 0 saturated carbocycles. The fraction of sp³-hybridized carbons (Fsp3) is 0.440. The van der Waals surface area contributed by atoms with Crippen molar-refractivity contribution in [3.8, 4) is 0 Å². The lowest BCUT2D eigenvalue weighted by Gasteiger charge is -2.38. The first-order valence-corrected chi connectivity index (χ1v) is 11.6. The van der Waals surface area contributed by atoms with Crippen molar-refractivity contribution in [3.05, 3.63) is 69.0 Å². The molecule has 4 rings (SSSR count). The van der Waals surface area contributed by atoms with Crippen LogP contribution in [0.25, 0.3) is 0 Å². The maximum Gasteiger partial charge on any atom is 0.336 e. The Bertz CT molecular complexity index is 1120. The summed E-state index contributed by atoms with van der Waals surface area (Å²) in [4.78, 5) is 26.4. The number of carboxylic acid groups (broad SMARTS) is 1. The van der Waals surface area contributed by atoms with Gasteiger partial charge in [-0.25, -0.2) is 9.18 Å². The number of amides is 1. The highest BCUT2D eigenvalue weighted by atomic mass is 35.5. The molecular weight excluding hydrogens is 465 g/mol. The van der Waals surface area contributed by atoms with Crippen LogP contribution in [0.4, 0.5) is 4.39 Å². The second-order valence-corrected chi connectivity index (χ2v) is 9.15. The monoisotopic (exact) mass is 491 g/mol. The number of carbonyl (C=O) groups is 2. The second kappa shape index (κ2) is 9.62. The van der Waals surface area contributed by atoms with E-state index in [0.717, 1.165) is 0 Å². The van der Waals surface area contributed by atoms with Gasteiger partial charge in [-0.05, 0) is 60.6 Å². The lowest BCUT2D eigenvalue weighted by Crippen LogP contribution is -2.38. The molecule has 0 aromatic heterocycles. The Morgan fingerprint density at radius 3 is 2.62 bits per heavy atom. The summed E-state index contributed by atoms with van der Waals surface area (Å²) in [5.41, 5.74) is -0.483. The number of rotatable bonds is 7. The molecule has 2 N–H and O–H groups in total. The summed E-state index contributed by atoms with van der Waals surface area (Å²) in [5, 5.41) is 21.4. The minimum atomic E-state index is -1.30. The van der Waals surface area contributed by atoms with Crippen molar-refractivity contribution in [1.29, 1.82) is 0 Å². The van der Waals surface area contributed by atoms with Gasteiger partial charge in [0.25, 0.3) is 5.91 Å². The summed E-state index contributed by atoms with van der Waals surface area (Å²) in [6.45, 7) is 2.76. The minimum absolute atomic E-state index is 0.0489. The molecule has 9 heteroatoms. The number of aliphatic hydroxyl groups is 1. The lowest BCUT2D eigenvalue weighted by atomic mass is 9.75. The molecule has 0 spiro atoms. The molecular formula is C25H27ClFNO6. The van der Waals surface area contributed by atoms with Gasteiger partial charge >= 0.3 is 5.97 Å². The number of ether oxygens (including phenoxy) is 2. The van der Waals surface area contributed by atoms with Crippen LogP contribution in [0.3, 0.4) is 0 Å². The molecule has 0 unspecified atom stereocenters. The van der Waals surface area contributed by atoms with Gasteiger partial charge in [0, 0.05) is 37.5 Å². The van der Waals surface area contributed by atoms with Crippen molar-refractivity contribution in [3.63, 3.8) is 0 Å². The third kappa shape index (κ3) is 4.20. The van der Waals surface area contributed by atoms with E-state index in [0.29, 0.717) is 43.6 Å². The number of aromatic carboxylic acids is 1. The minimum Gasteiger partial charge on any atom is -0.478 e. The van der Waals surface area contributed by atoms with Crippen LogP contribution in [0.2, 0.25) is 5.02 Å². The van der Waals surface area contributed by atoms with Gasteiger partial charge in [-0.1, -0.05) is 24.6 Å². The van der Waals surface area contributed by atoms with E-state index in [9.17, 15) is 19.8 Å². The first-order valence-electron chi connectivity index (χ1n) is 11.2. The van der Waals surface area contributed by atoms with Gasteiger partial charge in [-0.2, -0.15) is 0 Å². The molecule has 0 bridgehead atoms. The van der Waals surface area contributed by atoms with Crippen LogP contribution in [0.5, 0.6) is 0 Å². The predicted molar refractivity (Wildman–Crippen MR) is 122 cm³/mol. The quantitative estimate of drug-likeness (QED) is 0.592. The molecule has 1 fully saturated rings. The topological polar surface area (TPSA) is 96.3 Å². The number of halogens is 2. The van der Waals surface area contributed by atoms with Gasteiger partial charge in [0.05, 0.1) is 16.7 Å². The highest BCUT2D eigenvalue weighted by Gasteiger charge is 2.44. The summed E-state index contributed by atoms with van der Waals surface area (Å²) in [6.07, 6.45) is 0.594. The average molecular weight is 492 g/mol. The van der Waals surface area contributed by atoms with Crippen LogP contribution in [0.15, 0.2) is 30.3 Å². The van der Waals surface area contributed by atoms with E-state index < -0.39 is 29.5 Å². The van der Waals surface area contributed by atoms with Gasteiger partial charge in [0.15, 0.2) is 6.23 Å². The predicted octanol–water partition coefficient (Wildman–Crippen LogP) is 4.50. The molecule has 1 amide bonds. The largest absolute Gasteiger partial charge is 0.478 e. The van der Waals surface area contributed by atoms with Crippen molar-refractivity contribution in [2.45, 2.75) is 44.6 Å². The van der Waals surface area contributed by atoms with Crippen LogP contribution < -0.4 is 0 Å². The Morgan fingerprint density at radius 2 is 2.00 bits per heavy atom. The normalized spacial score (nSPS) is 20.3. The van der Waals surface area contributed by atoms with E-state index in [1.807, 2.05) is 6.92 Å². The zero-order valence-electron chi connectivity index (χ0n) is 19.0. The summed E-state index contributed by atoms with van der Waals surface area (Å²) < 4.78 is 26.4. The zero-order chi connectivity index (χ0) is 24.6. The van der Waals surface area contributed by atoms with Crippen LogP contribution in [-0.4, -0.2) is 47.3 Å². The summed E-state index contributed by atoms with van der Waals surface area (Å²) in [5.74, 6) is -2.46. The fourth-order valence-corrected chi connectivity index (χ4v) is 5.26. The highest BCUT2D eigenvalue weighted by Crippen LogP contribution is 2.44. The number of carbonyl (C=O) groups excluding carboxylic acids is 1. The third-order valence-corrected chi connectivity index (χ3v) is 7.19. The van der Waals surface area contributed by atoms with Crippen LogP contribution in [-0.2, 0) is 21.6 Å². The number of hydrogen-bond donors (Lipinski definition) is 2. The van der Waals surface area contributed by atoms with E-state index in [4.69, 9.17) is 21.1 Å². The van der Waals surface area contributed by atoms with Gasteiger partial charge in [-0.15, -0.1) is 0 Å². The molecule has 2 heterocycles.